The van der Waals surface area contributed by atoms with Crippen LogP contribution in [0.3, 0.4) is 0 Å². The highest BCUT2D eigenvalue weighted by atomic mass is 35.5. The molecule has 0 radical (unpaired) electrons. The topological polar surface area (TPSA) is 58.5 Å². The number of halogens is 3. The van der Waals surface area contributed by atoms with Crippen LogP contribution in [0.2, 0.25) is 5.02 Å². The minimum absolute atomic E-state index is 0.293. The van der Waals surface area contributed by atoms with Gasteiger partial charge >= 0.3 is 0 Å². The van der Waals surface area contributed by atoms with Gasteiger partial charge in [-0.15, -0.1) is 0 Å². The lowest BCUT2D eigenvalue weighted by molar-refractivity contribution is 0.504. The fourth-order valence-electron chi connectivity index (χ4n) is 3.16. The van der Waals surface area contributed by atoms with Crippen LogP contribution in [0.1, 0.15) is 16.7 Å². The second-order valence-electron chi connectivity index (χ2n) is 6.54. The van der Waals surface area contributed by atoms with E-state index in [4.69, 9.17) is 11.6 Å². The van der Waals surface area contributed by atoms with E-state index >= 15 is 0 Å². The van der Waals surface area contributed by atoms with Crippen molar-refractivity contribution >= 4 is 33.0 Å². The number of hydrogen-bond acceptors (Lipinski definition) is 3. The van der Waals surface area contributed by atoms with Crippen molar-refractivity contribution < 1.29 is 17.2 Å². The quantitative estimate of drug-likeness (QED) is 0.643. The smallest absolute Gasteiger partial charge is 0.261 e. The second-order valence-corrected chi connectivity index (χ2v) is 8.66. The molecule has 0 aliphatic carbocycles. The fraction of sp³-hybridized carbons (Fsp3) is 0.0952. The van der Waals surface area contributed by atoms with Crippen molar-refractivity contribution in [2.45, 2.75) is 11.3 Å². The number of benzene rings is 3. The number of nitrogens with zero attached hydrogens (tertiary/aromatic N) is 1. The van der Waals surface area contributed by atoms with Crippen LogP contribution in [-0.2, 0) is 16.4 Å². The molecule has 0 saturated heterocycles. The first-order chi connectivity index (χ1) is 13.8. The van der Waals surface area contributed by atoms with Crippen molar-refractivity contribution in [3.05, 3.63) is 94.0 Å². The van der Waals surface area contributed by atoms with Crippen LogP contribution in [0.15, 0.2) is 70.6 Å². The molecular formula is C21H15ClF2N2O2S. The normalized spacial score (nSPS) is 13.6. The third-order valence-electron chi connectivity index (χ3n) is 4.59. The molecule has 8 heteroatoms. The SMILES string of the molecule is O=S(=O)(Nc1ccc(C2=NCCc3ccc(Cl)cc32)cc1)c1ccc(F)c(F)c1. The number of sulfonamides is 1. The third-order valence-corrected chi connectivity index (χ3v) is 6.20. The van der Waals surface area contributed by atoms with Crippen LogP contribution in [0.25, 0.3) is 0 Å². The fourth-order valence-corrected chi connectivity index (χ4v) is 4.40. The molecular weight excluding hydrogens is 418 g/mol. The van der Waals surface area contributed by atoms with E-state index in [1.165, 1.54) is 0 Å². The molecule has 3 aromatic rings. The van der Waals surface area contributed by atoms with Crippen LogP contribution in [0, 0.1) is 11.6 Å². The Bertz CT molecular complexity index is 1230. The molecule has 0 atom stereocenters. The first-order valence-corrected chi connectivity index (χ1v) is 10.6. The Morgan fingerprint density at radius 1 is 0.931 bits per heavy atom. The zero-order chi connectivity index (χ0) is 20.6. The first kappa shape index (κ1) is 19.5. The van der Waals surface area contributed by atoms with Gasteiger partial charge in [0.25, 0.3) is 10.0 Å². The van der Waals surface area contributed by atoms with E-state index in [9.17, 15) is 17.2 Å². The van der Waals surface area contributed by atoms with E-state index in [0.717, 1.165) is 41.0 Å². The lowest BCUT2D eigenvalue weighted by atomic mass is 9.93. The molecule has 4 nitrogen and oxygen atoms in total. The third kappa shape index (κ3) is 4.02. The monoisotopic (exact) mass is 432 g/mol. The van der Waals surface area contributed by atoms with Crippen LogP contribution < -0.4 is 4.72 Å². The van der Waals surface area contributed by atoms with Crippen molar-refractivity contribution in [1.82, 2.24) is 0 Å². The van der Waals surface area contributed by atoms with Gasteiger partial charge in [0.2, 0.25) is 0 Å². The minimum Gasteiger partial charge on any atom is -0.284 e. The lowest BCUT2D eigenvalue weighted by Gasteiger charge is -2.18. The summed E-state index contributed by atoms with van der Waals surface area (Å²) < 4.78 is 53.6. The molecule has 3 aromatic carbocycles. The Kier molecular flexibility index (Phi) is 5.10. The number of hydrogen-bond donors (Lipinski definition) is 1. The molecule has 29 heavy (non-hydrogen) atoms. The summed E-state index contributed by atoms with van der Waals surface area (Å²) in [7, 11) is -4.05. The number of aliphatic imine (C=N–C) groups is 1. The van der Waals surface area contributed by atoms with Crippen LogP contribution in [0.5, 0.6) is 0 Å². The highest BCUT2D eigenvalue weighted by molar-refractivity contribution is 7.92. The van der Waals surface area contributed by atoms with E-state index in [-0.39, 0.29) is 4.90 Å². The van der Waals surface area contributed by atoms with Crippen molar-refractivity contribution in [3.63, 3.8) is 0 Å². The summed E-state index contributed by atoms with van der Waals surface area (Å²) in [4.78, 5) is 4.23. The molecule has 0 unspecified atom stereocenters. The van der Waals surface area contributed by atoms with Gasteiger partial charge in [-0.05, 0) is 54.4 Å². The van der Waals surface area contributed by atoms with Gasteiger partial charge < -0.3 is 0 Å². The van der Waals surface area contributed by atoms with Gasteiger partial charge in [-0.1, -0.05) is 29.8 Å². The molecule has 4 rings (SSSR count). The standard InChI is InChI=1S/C21H15ClF2N2O2S/c22-15-4-1-13-9-10-25-21(18(13)11-15)14-2-5-16(6-3-14)26-29(27,28)17-7-8-19(23)20(24)12-17/h1-8,11-12,26H,9-10H2. The maximum atomic E-state index is 13.4. The molecule has 148 valence electrons. The first-order valence-electron chi connectivity index (χ1n) is 8.75. The maximum Gasteiger partial charge on any atom is 0.261 e. The molecule has 0 bridgehead atoms. The average Bonchev–Trinajstić information content (AvgIpc) is 2.70. The Hall–Kier alpha value is -2.77. The van der Waals surface area contributed by atoms with E-state index in [0.29, 0.717) is 23.3 Å². The van der Waals surface area contributed by atoms with E-state index in [1.54, 1.807) is 24.3 Å². The second kappa shape index (κ2) is 7.57. The van der Waals surface area contributed by atoms with Gasteiger partial charge in [0, 0.05) is 28.4 Å². The van der Waals surface area contributed by atoms with E-state index < -0.39 is 21.7 Å². The van der Waals surface area contributed by atoms with Gasteiger partial charge in [0.05, 0.1) is 10.6 Å². The summed E-state index contributed by atoms with van der Waals surface area (Å²) >= 11 is 6.12. The van der Waals surface area contributed by atoms with Crippen LogP contribution in [-0.4, -0.2) is 20.7 Å². The Morgan fingerprint density at radius 2 is 1.69 bits per heavy atom. The summed E-state index contributed by atoms with van der Waals surface area (Å²) in [5, 5.41) is 0.620. The van der Waals surface area contributed by atoms with Crippen molar-refractivity contribution in [3.8, 4) is 0 Å². The molecule has 1 heterocycles. The average molecular weight is 433 g/mol. The molecule has 1 N–H and O–H groups in total. The van der Waals surface area contributed by atoms with E-state index in [1.807, 2.05) is 18.2 Å². The van der Waals surface area contributed by atoms with Gasteiger partial charge in [0.15, 0.2) is 11.6 Å². The number of rotatable bonds is 4. The van der Waals surface area contributed by atoms with Crippen LogP contribution >= 0.6 is 11.6 Å². The molecule has 0 amide bonds. The summed E-state index contributed by atoms with van der Waals surface area (Å²) in [6.45, 7) is 0.661. The Balaban J connectivity index is 1.60. The van der Waals surface area contributed by atoms with Gasteiger partial charge in [-0.3, -0.25) is 9.71 Å². The molecule has 0 aromatic heterocycles. The largest absolute Gasteiger partial charge is 0.284 e. The zero-order valence-electron chi connectivity index (χ0n) is 15.0. The number of anilines is 1. The molecule has 1 aliphatic heterocycles. The molecule has 0 saturated carbocycles. The molecule has 0 spiro atoms. The number of fused-ring (bicyclic) bond motifs is 1. The van der Waals surface area contributed by atoms with Crippen LogP contribution in [0.4, 0.5) is 14.5 Å². The van der Waals surface area contributed by atoms with Gasteiger partial charge in [0.1, 0.15) is 0 Å². The predicted molar refractivity (Wildman–Crippen MR) is 109 cm³/mol. The minimum atomic E-state index is -4.05. The van der Waals surface area contributed by atoms with Crippen molar-refractivity contribution in [1.29, 1.82) is 0 Å². The van der Waals surface area contributed by atoms with Gasteiger partial charge in [-0.25, -0.2) is 17.2 Å². The summed E-state index contributed by atoms with van der Waals surface area (Å²) in [5.41, 5.74) is 4.02. The summed E-state index contributed by atoms with van der Waals surface area (Å²) in [5.74, 6) is -2.34. The zero-order valence-corrected chi connectivity index (χ0v) is 16.6. The highest BCUT2D eigenvalue weighted by Gasteiger charge is 2.18. The van der Waals surface area contributed by atoms with Gasteiger partial charge in [-0.2, -0.15) is 0 Å². The number of nitrogens with one attached hydrogen (secondary N) is 1. The lowest BCUT2D eigenvalue weighted by Crippen LogP contribution is -2.15. The predicted octanol–water partition coefficient (Wildman–Crippen LogP) is 4.81. The molecule has 1 aliphatic rings. The van der Waals surface area contributed by atoms with Crippen molar-refractivity contribution in [2.75, 3.05) is 11.3 Å². The highest BCUT2D eigenvalue weighted by Crippen LogP contribution is 2.25. The maximum absolute atomic E-state index is 13.4. The summed E-state index contributed by atoms with van der Waals surface area (Å²) in [6.07, 6.45) is 0.835. The van der Waals surface area contributed by atoms with Crippen molar-refractivity contribution in [2.24, 2.45) is 4.99 Å². The Morgan fingerprint density at radius 3 is 2.41 bits per heavy atom. The Labute approximate surface area is 171 Å². The molecule has 0 fully saturated rings. The summed E-state index contributed by atoms with van der Waals surface area (Å²) in [6, 6.07) is 14.8. The van der Waals surface area contributed by atoms with E-state index in [2.05, 4.69) is 9.71 Å².